The van der Waals surface area contributed by atoms with E-state index in [2.05, 4.69) is 24.1 Å². The van der Waals surface area contributed by atoms with Crippen LogP contribution in [0.25, 0.3) is 0 Å². The summed E-state index contributed by atoms with van der Waals surface area (Å²) < 4.78 is 80.1. The van der Waals surface area contributed by atoms with Gasteiger partial charge in [-0.1, -0.05) is 49.8 Å². The molecule has 4 nitrogen and oxygen atoms in total. The molecule has 1 aromatic heterocycles. The molecule has 0 spiro atoms. The van der Waals surface area contributed by atoms with Gasteiger partial charge in [-0.2, -0.15) is 0 Å². The minimum absolute atomic E-state index is 0.247. The van der Waals surface area contributed by atoms with Crippen molar-refractivity contribution in [3.05, 3.63) is 77.4 Å². The van der Waals surface area contributed by atoms with E-state index in [4.69, 9.17) is 9.60 Å². The first-order chi connectivity index (χ1) is 19.4. The van der Waals surface area contributed by atoms with Gasteiger partial charge in [0, 0.05) is 29.9 Å². The highest BCUT2D eigenvalue weighted by Crippen LogP contribution is 2.45. The molecule has 2 aliphatic rings. The summed E-state index contributed by atoms with van der Waals surface area (Å²) in [6, 6.07) is -2.49. The van der Waals surface area contributed by atoms with Crippen LogP contribution < -0.4 is 5.32 Å². The number of aromatic nitrogens is 2. The lowest BCUT2D eigenvalue weighted by Crippen LogP contribution is -2.37. The molecule has 184 valence electrons. The molecular formula is C29H40FN3O. The molecule has 2 aliphatic carbocycles. The van der Waals surface area contributed by atoms with Gasteiger partial charge in [0.25, 0.3) is 0 Å². The maximum atomic E-state index is 14.0. The Morgan fingerprint density at radius 3 is 2.71 bits per heavy atom. The van der Waals surface area contributed by atoms with Crippen LogP contribution in [0, 0.1) is 5.41 Å². The molecule has 0 saturated heterocycles. The van der Waals surface area contributed by atoms with Gasteiger partial charge in [0.15, 0.2) is 0 Å². The number of hydrogen-bond acceptors (Lipinski definition) is 2. The van der Waals surface area contributed by atoms with E-state index in [1.54, 1.807) is 19.1 Å². The largest absolute Gasteiger partial charge is 0.350 e. The number of carbonyl (C=O) groups excluding carboxylic acids is 1. The Morgan fingerprint density at radius 2 is 2.03 bits per heavy atom. The van der Waals surface area contributed by atoms with Crippen LogP contribution in [-0.2, 0) is 4.79 Å². The molecule has 0 aliphatic heterocycles. The number of alkyl halides is 1. The standard InChI is InChI=1S/C29H40FN3O/c1-21(7-6-8-22(2)19-28(34)32-25-12-10-24(30)11-13-25)9-14-26-23(3)27(15-16-29(26,4)5)33-18-17-31-20-33/h6-9,14,17-20,24-25,27H,10-13,15-16H2,1-5H3,(H,32,34)/b8-6+,14-9+,21-7+,22-19+/i10D,11D,12D,13D,17D,18D,20D,27D. The lowest BCUT2D eigenvalue weighted by molar-refractivity contribution is -0.117. The molecule has 0 bridgehead atoms. The number of allylic oxidation sites excluding steroid dienone is 9. The number of halogens is 1. The van der Waals surface area contributed by atoms with Crippen molar-refractivity contribution >= 4 is 5.91 Å². The van der Waals surface area contributed by atoms with Crippen LogP contribution in [0.3, 0.4) is 0 Å². The first-order valence-corrected chi connectivity index (χ1v) is 11.5. The van der Waals surface area contributed by atoms with Crippen LogP contribution in [0.5, 0.6) is 0 Å². The average Bonchev–Trinajstić information content (AvgIpc) is 3.17. The zero-order valence-electron chi connectivity index (χ0n) is 28.5. The average molecular weight is 474 g/mol. The molecule has 1 N–H and O–H groups in total. The van der Waals surface area contributed by atoms with E-state index >= 15 is 0 Å². The highest BCUT2D eigenvalue weighted by Gasteiger charge is 2.32. The van der Waals surface area contributed by atoms with Gasteiger partial charge in [-0.05, 0) is 81.3 Å². The fraction of sp³-hybridized carbons (Fsp3) is 0.517. The Hall–Kier alpha value is -2.69. The van der Waals surface area contributed by atoms with Gasteiger partial charge < -0.3 is 9.88 Å². The summed E-state index contributed by atoms with van der Waals surface area (Å²) in [6.07, 6.45) is 3.12. The van der Waals surface area contributed by atoms with Crippen molar-refractivity contribution in [3.63, 3.8) is 0 Å². The third-order valence-electron chi connectivity index (χ3n) is 6.09. The SMILES string of the molecule is [2H]c1nc([2H])n(C2([2H])CCC(C)(C)C(/C=C/C(C)=C/C=C/C(C)=C/C(=O)NC3C([2H])C([2H])C(F)C([2H])C3[2H])=C2C)c1[2H]. The molecular weight excluding hydrogens is 425 g/mol. The maximum absolute atomic E-state index is 14.0. The van der Waals surface area contributed by atoms with Crippen molar-refractivity contribution < 1.29 is 20.2 Å². The van der Waals surface area contributed by atoms with Crippen LogP contribution in [0.15, 0.2) is 77.4 Å². The molecule has 0 radical (unpaired) electrons. The summed E-state index contributed by atoms with van der Waals surface area (Å²) >= 11 is 0. The number of amides is 1. The predicted molar refractivity (Wildman–Crippen MR) is 138 cm³/mol. The zero-order valence-corrected chi connectivity index (χ0v) is 20.5. The second kappa shape index (κ2) is 11.6. The Bertz CT molecular complexity index is 1330. The number of imidazole rings is 1. The molecule has 5 unspecified atom stereocenters. The Morgan fingerprint density at radius 1 is 1.29 bits per heavy atom. The topological polar surface area (TPSA) is 46.9 Å². The highest BCUT2D eigenvalue weighted by molar-refractivity contribution is 5.88. The normalized spacial score (nSPS) is 40.6. The number of nitrogens with zero attached hydrogens (tertiary/aromatic N) is 2. The van der Waals surface area contributed by atoms with E-state index < -0.39 is 49.7 Å². The van der Waals surface area contributed by atoms with Gasteiger partial charge in [-0.25, -0.2) is 9.37 Å². The van der Waals surface area contributed by atoms with Crippen molar-refractivity contribution in [2.75, 3.05) is 0 Å². The second-order valence-corrected chi connectivity index (χ2v) is 9.38. The van der Waals surface area contributed by atoms with E-state index in [1.165, 1.54) is 10.6 Å². The van der Waals surface area contributed by atoms with E-state index in [0.717, 1.165) is 11.1 Å². The van der Waals surface area contributed by atoms with Crippen molar-refractivity contribution in [2.45, 2.75) is 91.3 Å². The fourth-order valence-electron chi connectivity index (χ4n) is 4.11. The molecule has 5 heteroatoms. The summed E-state index contributed by atoms with van der Waals surface area (Å²) in [7, 11) is 0. The quantitative estimate of drug-likeness (QED) is 0.344. The molecule has 1 amide bonds. The monoisotopic (exact) mass is 473 g/mol. The van der Waals surface area contributed by atoms with Gasteiger partial charge in [-0.15, -0.1) is 0 Å². The molecule has 5 atom stereocenters. The summed E-state index contributed by atoms with van der Waals surface area (Å²) in [5.41, 5.74) is 2.84. The van der Waals surface area contributed by atoms with Gasteiger partial charge >= 0.3 is 0 Å². The van der Waals surface area contributed by atoms with E-state index in [-0.39, 0.29) is 24.1 Å². The number of nitrogens with one attached hydrogen (secondary N) is 1. The Kier molecular flexibility index (Phi) is 5.77. The summed E-state index contributed by atoms with van der Waals surface area (Å²) in [5, 5.41) is 2.51. The molecule has 34 heavy (non-hydrogen) atoms. The minimum atomic E-state index is -1.90. The van der Waals surface area contributed by atoms with E-state index in [0.29, 0.717) is 24.0 Å². The Balaban J connectivity index is 1.74. The second-order valence-electron chi connectivity index (χ2n) is 9.38. The van der Waals surface area contributed by atoms with Crippen LogP contribution in [0.4, 0.5) is 4.39 Å². The molecule has 3 rings (SSSR count). The smallest absolute Gasteiger partial charge is 0.244 e. The van der Waals surface area contributed by atoms with Crippen LogP contribution in [-0.4, -0.2) is 27.7 Å². The van der Waals surface area contributed by atoms with Crippen molar-refractivity contribution in [1.29, 1.82) is 0 Å². The zero-order chi connectivity index (χ0) is 31.7. The summed E-state index contributed by atoms with van der Waals surface area (Å²) in [5.74, 6) is -0.572. The molecule has 1 aromatic rings. The molecule has 1 heterocycles. The van der Waals surface area contributed by atoms with Gasteiger partial charge in [0.2, 0.25) is 5.91 Å². The van der Waals surface area contributed by atoms with Crippen LogP contribution in [0.1, 0.15) is 90.0 Å². The number of rotatable bonds is 7. The third kappa shape index (κ3) is 7.15. The Labute approximate surface area is 215 Å². The maximum Gasteiger partial charge on any atom is 0.244 e. The molecule has 0 aromatic carbocycles. The van der Waals surface area contributed by atoms with Crippen molar-refractivity contribution in [2.24, 2.45) is 5.41 Å². The van der Waals surface area contributed by atoms with Crippen LogP contribution in [0.2, 0.25) is 0 Å². The highest BCUT2D eigenvalue weighted by atomic mass is 19.1. The summed E-state index contributed by atoms with van der Waals surface area (Å²) in [6.45, 7) is 9.61. The van der Waals surface area contributed by atoms with Crippen molar-refractivity contribution in [3.8, 4) is 0 Å². The third-order valence-corrected chi connectivity index (χ3v) is 6.09. The van der Waals surface area contributed by atoms with Gasteiger partial charge in [0.05, 0.1) is 16.4 Å². The minimum Gasteiger partial charge on any atom is -0.350 e. The van der Waals surface area contributed by atoms with Crippen molar-refractivity contribution in [1.82, 2.24) is 14.9 Å². The lowest BCUT2D eigenvalue weighted by atomic mass is 9.71. The fourth-order valence-corrected chi connectivity index (χ4v) is 4.11. The van der Waals surface area contributed by atoms with E-state index in [9.17, 15) is 10.6 Å². The van der Waals surface area contributed by atoms with Gasteiger partial charge in [-0.3, -0.25) is 4.79 Å². The predicted octanol–water partition coefficient (Wildman–Crippen LogP) is 6.96. The van der Waals surface area contributed by atoms with Crippen LogP contribution >= 0.6 is 0 Å². The van der Waals surface area contributed by atoms with Gasteiger partial charge in [0.1, 0.15) is 7.54 Å². The lowest BCUT2D eigenvalue weighted by Gasteiger charge is -2.37. The molecule has 1 saturated carbocycles. The first-order valence-electron chi connectivity index (χ1n) is 15.8. The molecule has 1 fully saturated rings. The first kappa shape index (κ1) is 16.9. The number of carbonyl (C=O) groups is 1. The summed E-state index contributed by atoms with van der Waals surface area (Å²) in [4.78, 5) is 16.2. The number of hydrogen-bond donors (Lipinski definition) is 1. The van der Waals surface area contributed by atoms with E-state index in [1.807, 2.05) is 32.1 Å².